The second-order valence-electron chi connectivity index (χ2n) is 5.76. The third kappa shape index (κ3) is 3.26. The topological polar surface area (TPSA) is 49.4 Å². The van der Waals surface area contributed by atoms with E-state index in [0.717, 1.165) is 25.8 Å². The molecule has 2 atom stereocenters. The maximum absolute atomic E-state index is 12.7. The maximum Gasteiger partial charge on any atom is 0.243 e. The van der Waals surface area contributed by atoms with Crippen molar-refractivity contribution in [1.82, 2.24) is 9.62 Å². The molecule has 4 nitrogen and oxygen atoms in total. The standard InChI is InChI=1S/C15H22N2O2S.ClH/c1-2-12-3-5-14(6-4-12)20(18,19)17-10-8-15-13(11-17)7-9-16-15;/h3-6,13,15-16H,2,7-11H2,1H3;1H. The highest BCUT2D eigenvalue weighted by atomic mass is 35.5. The smallest absolute Gasteiger partial charge is 0.243 e. The van der Waals surface area contributed by atoms with Crippen molar-refractivity contribution in [3.05, 3.63) is 29.8 Å². The van der Waals surface area contributed by atoms with Gasteiger partial charge in [-0.15, -0.1) is 12.4 Å². The Balaban J connectivity index is 0.00000161. The molecule has 0 aliphatic carbocycles. The molecular weight excluding hydrogens is 308 g/mol. The van der Waals surface area contributed by atoms with Gasteiger partial charge >= 0.3 is 0 Å². The first-order valence-electron chi connectivity index (χ1n) is 7.43. The van der Waals surface area contributed by atoms with Crippen LogP contribution in [0.3, 0.4) is 0 Å². The van der Waals surface area contributed by atoms with Crippen LogP contribution in [0.4, 0.5) is 0 Å². The van der Waals surface area contributed by atoms with E-state index in [-0.39, 0.29) is 12.4 Å². The van der Waals surface area contributed by atoms with Gasteiger partial charge in [-0.25, -0.2) is 8.42 Å². The van der Waals surface area contributed by atoms with Crippen molar-refractivity contribution in [2.75, 3.05) is 19.6 Å². The number of nitrogens with zero attached hydrogens (tertiary/aromatic N) is 1. The van der Waals surface area contributed by atoms with Crippen LogP contribution in [-0.2, 0) is 16.4 Å². The van der Waals surface area contributed by atoms with E-state index in [4.69, 9.17) is 0 Å². The Bertz CT molecular complexity index is 574. The zero-order chi connectivity index (χ0) is 14.2. The van der Waals surface area contributed by atoms with E-state index in [1.807, 2.05) is 12.1 Å². The normalized spacial score (nSPS) is 26.1. The Kier molecular flexibility index (Phi) is 5.30. The van der Waals surface area contributed by atoms with Gasteiger partial charge in [0.15, 0.2) is 0 Å². The molecule has 118 valence electrons. The minimum Gasteiger partial charge on any atom is -0.314 e. The Hall–Kier alpha value is -0.620. The van der Waals surface area contributed by atoms with Crippen molar-refractivity contribution in [2.24, 2.45) is 5.92 Å². The number of fused-ring (bicyclic) bond motifs is 1. The zero-order valence-electron chi connectivity index (χ0n) is 12.3. The van der Waals surface area contributed by atoms with Gasteiger partial charge in [0.05, 0.1) is 4.90 Å². The van der Waals surface area contributed by atoms with Gasteiger partial charge in [-0.1, -0.05) is 19.1 Å². The molecule has 0 saturated carbocycles. The van der Waals surface area contributed by atoms with E-state index < -0.39 is 10.0 Å². The predicted octanol–water partition coefficient (Wildman–Crippen LogP) is 2.04. The number of nitrogens with one attached hydrogen (secondary N) is 1. The molecule has 6 heteroatoms. The Morgan fingerprint density at radius 2 is 1.95 bits per heavy atom. The molecule has 0 bridgehead atoms. The molecule has 3 rings (SSSR count). The second kappa shape index (κ2) is 6.65. The minimum atomic E-state index is -3.32. The summed E-state index contributed by atoms with van der Waals surface area (Å²) >= 11 is 0. The van der Waals surface area contributed by atoms with Crippen molar-refractivity contribution in [3.8, 4) is 0 Å². The van der Waals surface area contributed by atoms with Crippen molar-refractivity contribution < 1.29 is 8.42 Å². The summed E-state index contributed by atoms with van der Waals surface area (Å²) in [7, 11) is -3.32. The fraction of sp³-hybridized carbons (Fsp3) is 0.600. The van der Waals surface area contributed by atoms with Crippen molar-refractivity contribution in [3.63, 3.8) is 0 Å². The van der Waals surface area contributed by atoms with Gasteiger partial charge in [0, 0.05) is 19.1 Å². The van der Waals surface area contributed by atoms with Gasteiger partial charge in [-0.05, 0) is 49.4 Å². The summed E-state index contributed by atoms with van der Waals surface area (Å²) in [5.41, 5.74) is 1.17. The van der Waals surface area contributed by atoms with E-state index in [1.165, 1.54) is 5.56 Å². The van der Waals surface area contributed by atoms with E-state index in [1.54, 1.807) is 16.4 Å². The largest absolute Gasteiger partial charge is 0.314 e. The number of piperidine rings is 1. The molecule has 2 aliphatic rings. The summed E-state index contributed by atoms with van der Waals surface area (Å²) in [6.45, 7) is 4.39. The summed E-state index contributed by atoms with van der Waals surface area (Å²) in [6, 6.07) is 7.83. The average molecular weight is 331 g/mol. The van der Waals surface area contributed by atoms with E-state index >= 15 is 0 Å². The molecule has 0 aromatic heterocycles. The third-order valence-electron chi connectivity index (χ3n) is 4.59. The van der Waals surface area contributed by atoms with Crippen LogP contribution in [-0.4, -0.2) is 38.4 Å². The highest BCUT2D eigenvalue weighted by molar-refractivity contribution is 7.89. The zero-order valence-corrected chi connectivity index (χ0v) is 13.9. The van der Waals surface area contributed by atoms with Gasteiger partial charge in [0.2, 0.25) is 10.0 Å². The number of hydrogen-bond donors (Lipinski definition) is 1. The number of aryl methyl sites for hydroxylation is 1. The second-order valence-corrected chi connectivity index (χ2v) is 7.70. The number of hydrogen-bond acceptors (Lipinski definition) is 3. The van der Waals surface area contributed by atoms with E-state index in [9.17, 15) is 8.42 Å². The molecule has 2 fully saturated rings. The summed E-state index contributed by atoms with van der Waals surface area (Å²) in [5.74, 6) is 0.480. The monoisotopic (exact) mass is 330 g/mol. The lowest BCUT2D eigenvalue weighted by atomic mass is 9.95. The van der Waals surface area contributed by atoms with Crippen molar-refractivity contribution >= 4 is 22.4 Å². The van der Waals surface area contributed by atoms with Crippen LogP contribution >= 0.6 is 12.4 Å². The Morgan fingerprint density at radius 3 is 2.62 bits per heavy atom. The number of rotatable bonds is 3. The van der Waals surface area contributed by atoms with Crippen LogP contribution in [0, 0.1) is 5.92 Å². The molecule has 0 amide bonds. The maximum atomic E-state index is 12.7. The first-order valence-corrected chi connectivity index (χ1v) is 8.87. The van der Waals surface area contributed by atoms with E-state index in [0.29, 0.717) is 29.9 Å². The van der Waals surface area contributed by atoms with Gasteiger partial charge < -0.3 is 5.32 Å². The highest BCUT2D eigenvalue weighted by Gasteiger charge is 2.37. The van der Waals surface area contributed by atoms with Crippen LogP contribution in [0.5, 0.6) is 0 Å². The third-order valence-corrected chi connectivity index (χ3v) is 6.47. The molecule has 2 unspecified atom stereocenters. The van der Waals surface area contributed by atoms with Crippen LogP contribution in [0.2, 0.25) is 0 Å². The lowest BCUT2D eigenvalue weighted by Crippen LogP contribution is -2.46. The molecule has 2 heterocycles. The molecule has 1 N–H and O–H groups in total. The number of halogens is 1. The van der Waals surface area contributed by atoms with Crippen molar-refractivity contribution in [2.45, 2.75) is 37.1 Å². The van der Waals surface area contributed by atoms with Crippen LogP contribution < -0.4 is 5.32 Å². The fourth-order valence-corrected chi connectivity index (χ4v) is 4.79. The molecule has 21 heavy (non-hydrogen) atoms. The fourth-order valence-electron chi connectivity index (χ4n) is 3.28. The lowest BCUT2D eigenvalue weighted by Gasteiger charge is -2.34. The summed E-state index contributed by atoms with van der Waals surface area (Å²) in [5, 5.41) is 3.46. The quantitative estimate of drug-likeness (QED) is 0.922. The first-order chi connectivity index (χ1) is 9.61. The van der Waals surface area contributed by atoms with Gasteiger partial charge in [0.1, 0.15) is 0 Å². The summed E-state index contributed by atoms with van der Waals surface area (Å²) < 4.78 is 27.0. The number of sulfonamides is 1. The Labute approximate surface area is 133 Å². The summed E-state index contributed by atoms with van der Waals surface area (Å²) in [6.07, 6.45) is 2.95. The number of benzene rings is 1. The molecule has 0 spiro atoms. The summed E-state index contributed by atoms with van der Waals surface area (Å²) in [4.78, 5) is 0.430. The first kappa shape index (κ1) is 16.7. The molecule has 0 radical (unpaired) electrons. The molecule has 1 aromatic carbocycles. The van der Waals surface area contributed by atoms with Crippen LogP contribution in [0.1, 0.15) is 25.3 Å². The van der Waals surface area contributed by atoms with Gasteiger partial charge in [-0.2, -0.15) is 4.31 Å². The van der Waals surface area contributed by atoms with Crippen molar-refractivity contribution in [1.29, 1.82) is 0 Å². The SMILES string of the molecule is CCc1ccc(S(=O)(=O)N2CCC3NCCC3C2)cc1.Cl. The van der Waals surface area contributed by atoms with Gasteiger partial charge in [-0.3, -0.25) is 0 Å². The van der Waals surface area contributed by atoms with E-state index in [2.05, 4.69) is 12.2 Å². The molecule has 2 saturated heterocycles. The Morgan fingerprint density at radius 1 is 1.24 bits per heavy atom. The van der Waals surface area contributed by atoms with Crippen LogP contribution in [0.15, 0.2) is 29.2 Å². The molecular formula is C15H23ClN2O2S. The highest BCUT2D eigenvalue weighted by Crippen LogP contribution is 2.28. The minimum absolute atomic E-state index is 0. The lowest BCUT2D eigenvalue weighted by molar-refractivity contribution is 0.247. The molecule has 2 aliphatic heterocycles. The van der Waals surface area contributed by atoms with Gasteiger partial charge in [0.25, 0.3) is 0 Å². The van der Waals surface area contributed by atoms with Crippen LogP contribution in [0.25, 0.3) is 0 Å². The average Bonchev–Trinajstić information content (AvgIpc) is 2.94. The predicted molar refractivity (Wildman–Crippen MR) is 86.3 cm³/mol. The molecule has 1 aromatic rings.